The molecule has 11 nitrogen and oxygen atoms in total. The minimum atomic E-state index is -0.881. The molecule has 4 rings (SSSR count). The highest BCUT2D eigenvalue weighted by atomic mass is 19.1. The maximum atomic E-state index is 13.3. The number of aromatic nitrogens is 3. The predicted octanol–water partition coefficient (Wildman–Crippen LogP) is -0.00350. The number of carbonyl (C=O) groups is 2. The number of rotatable bonds is 4. The number of benzene rings is 1. The van der Waals surface area contributed by atoms with Gasteiger partial charge in [-0.2, -0.15) is 0 Å². The quantitative estimate of drug-likeness (QED) is 0.608. The molecular formula is C20H23FN6O5. The van der Waals surface area contributed by atoms with Crippen LogP contribution in [-0.2, 0) is 22.6 Å². The average molecular weight is 446 g/mol. The zero-order valence-electron chi connectivity index (χ0n) is 17.6. The lowest BCUT2D eigenvalue weighted by Gasteiger charge is -2.34. The molecule has 0 aliphatic carbocycles. The summed E-state index contributed by atoms with van der Waals surface area (Å²) in [5.41, 5.74) is -1.02. The van der Waals surface area contributed by atoms with Gasteiger partial charge in [-0.15, -0.1) is 5.10 Å². The first-order valence-corrected chi connectivity index (χ1v) is 10.3. The van der Waals surface area contributed by atoms with Gasteiger partial charge in [-0.25, -0.2) is 13.9 Å². The Kier molecular flexibility index (Phi) is 5.93. The molecule has 170 valence electrons. The second-order valence-electron chi connectivity index (χ2n) is 7.41. The van der Waals surface area contributed by atoms with Crippen molar-refractivity contribution in [1.82, 2.24) is 24.1 Å². The third-order valence-electron chi connectivity index (χ3n) is 5.48. The number of carbonyl (C=O) groups excluding carboxylic acids is 2. The summed E-state index contributed by atoms with van der Waals surface area (Å²) in [6, 6.07) is 5.71. The van der Waals surface area contributed by atoms with Gasteiger partial charge < -0.3 is 19.4 Å². The average Bonchev–Trinajstić information content (AvgIpc) is 3.22. The number of nitrogens with zero attached hydrogens (tertiary/aromatic N) is 6. The van der Waals surface area contributed by atoms with Gasteiger partial charge in [0.25, 0.3) is 0 Å². The molecule has 2 amide bonds. The number of ether oxygens (including phenoxy) is 1. The molecule has 2 aliphatic heterocycles. The maximum absolute atomic E-state index is 13.3. The fourth-order valence-corrected chi connectivity index (χ4v) is 3.78. The van der Waals surface area contributed by atoms with E-state index in [9.17, 15) is 23.6 Å². The Morgan fingerprint density at radius 1 is 0.969 bits per heavy atom. The number of hydrogen-bond acceptors (Lipinski definition) is 7. The van der Waals surface area contributed by atoms with Crippen LogP contribution < -0.4 is 16.0 Å². The summed E-state index contributed by atoms with van der Waals surface area (Å²) in [6.45, 7) is 3.47. The molecule has 1 aromatic heterocycles. The Morgan fingerprint density at radius 3 is 2.28 bits per heavy atom. The van der Waals surface area contributed by atoms with Gasteiger partial charge in [0, 0.05) is 45.0 Å². The summed E-state index contributed by atoms with van der Waals surface area (Å²) in [7, 11) is 0. The normalized spacial score (nSPS) is 15.6. The van der Waals surface area contributed by atoms with Crippen molar-refractivity contribution in [2.45, 2.75) is 20.0 Å². The maximum Gasteiger partial charge on any atom is 0.409 e. The molecular weight excluding hydrogens is 423 g/mol. The molecule has 32 heavy (non-hydrogen) atoms. The Morgan fingerprint density at radius 2 is 1.62 bits per heavy atom. The van der Waals surface area contributed by atoms with Gasteiger partial charge in [-0.05, 0) is 31.2 Å². The number of halogens is 1. The molecule has 1 saturated heterocycles. The monoisotopic (exact) mass is 446 g/mol. The topological polar surface area (TPSA) is 110 Å². The Bertz CT molecular complexity index is 1140. The van der Waals surface area contributed by atoms with Gasteiger partial charge in [0.1, 0.15) is 12.4 Å². The van der Waals surface area contributed by atoms with Crippen LogP contribution in [0.15, 0.2) is 33.9 Å². The van der Waals surface area contributed by atoms with Crippen molar-refractivity contribution in [3.8, 4) is 0 Å². The molecule has 0 N–H and O–H groups in total. The summed E-state index contributed by atoms with van der Waals surface area (Å²) < 4.78 is 20.4. The Labute approximate surface area is 182 Å². The summed E-state index contributed by atoms with van der Waals surface area (Å²) in [6.07, 6.45) is -0.426. The molecule has 0 bridgehead atoms. The molecule has 2 aromatic rings. The van der Waals surface area contributed by atoms with Crippen molar-refractivity contribution < 1.29 is 18.7 Å². The lowest BCUT2D eigenvalue weighted by molar-refractivity contribution is -0.133. The highest BCUT2D eigenvalue weighted by molar-refractivity contribution is 5.76. The number of fused-ring (bicyclic) bond motifs is 1. The van der Waals surface area contributed by atoms with Crippen molar-refractivity contribution in [3.05, 3.63) is 50.8 Å². The summed E-state index contributed by atoms with van der Waals surface area (Å²) in [4.78, 5) is 54.4. The van der Waals surface area contributed by atoms with Crippen molar-refractivity contribution in [1.29, 1.82) is 0 Å². The van der Waals surface area contributed by atoms with E-state index >= 15 is 0 Å². The van der Waals surface area contributed by atoms with Crippen LogP contribution in [0.25, 0.3) is 0 Å². The van der Waals surface area contributed by atoms with Gasteiger partial charge in [0.05, 0.1) is 6.61 Å². The van der Waals surface area contributed by atoms with E-state index in [4.69, 9.17) is 4.74 Å². The van der Waals surface area contributed by atoms with Crippen molar-refractivity contribution in [2.75, 3.05) is 44.2 Å². The first-order valence-electron chi connectivity index (χ1n) is 10.3. The molecule has 3 heterocycles. The molecule has 1 aromatic carbocycles. The molecule has 0 saturated carbocycles. The van der Waals surface area contributed by atoms with E-state index in [2.05, 4.69) is 5.10 Å². The third kappa shape index (κ3) is 4.07. The molecule has 1 fully saturated rings. The smallest absolute Gasteiger partial charge is 0.409 e. The highest BCUT2D eigenvalue weighted by Crippen LogP contribution is 2.26. The standard InChI is InChI=1S/C20H23FN6O5/c1-2-32-20(31)24-9-7-23(8-10-24)16(28)13-27-18(30)17(29)26-12-11-25(19(26)22-27)15-5-3-14(21)4-6-15/h3-6H,2,7-13H2,1H3. The van der Waals surface area contributed by atoms with E-state index in [0.29, 0.717) is 25.3 Å². The minimum absolute atomic E-state index is 0.223. The van der Waals surface area contributed by atoms with Crippen molar-refractivity contribution in [3.63, 3.8) is 0 Å². The fourth-order valence-electron chi connectivity index (χ4n) is 3.78. The van der Waals surface area contributed by atoms with Gasteiger partial charge in [0.15, 0.2) is 0 Å². The van der Waals surface area contributed by atoms with Crippen LogP contribution in [-0.4, -0.2) is 75.5 Å². The van der Waals surface area contributed by atoms with E-state index in [-0.39, 0.29) is 38.1 Å². The van der Waals surface area contributed by atoms with Crippen LogP contribution in [0.5, 0.6) is 0 Å². The van der Waals surface area contributed by atoms with E-state index in [0.717, 1.165) is 4.68 Å². The van der Waals surface area contributed by atoms with E-state index < -0.39 is 29.6 Å². The van der Waals surface area contributed by atoms with Crippen LogP contribution in [0.4, 0.5) is 20.8 Å². The predicted molar refractivity (Wildman–Crippen MR) is 111 cm³/mol. The lowest BCUT2D eigenvalue weighted by Crippen LogP contribution is -2.52. The first-order chi connectivity index (χ1) is 15.4. The van der Waals surface area contributed by atoms with Gasteiger partial charge in [0.2, 0.25) is 11.9 Å². The highest BCUT2D eigenvalue weighted by Gasteiger charge is 2.28. The third-order valence-corrected chi connectivity index (χ3v) is 5.48. The van der Waals surface area contributed by atoms with Gasteiger partial charge >= 0.3 is 17.2 Å². The fraction of sp³-hybridized carbons (Fsp3) is 0.450. The molecule has 0 radical (unpaired) electrons. The van der Waals surface area contributed by atoms with E-state index in [1.807, 2.05) is 0 Å². The van der Waals surface area contributed by atoms with Crippen molar-refractivity contribution in [2.24, 2.45) is 0 Å². The lowest BCUT2D eigenvalue weighted by atomic mass is 10.3. The van der Waals surface area contributed by atoms with Crippen LogP contribution in [0.1, 0.15) is 6.92 Å². The summed E-state index contributed by atoms with van der Waals surface area (Å²) in [5, 5.41) is 4.26. The van der Waals surface area contributed by atoms with Crippen LogP contribution in [0.3, 0.4) is 0 Å². The number of amides is 2. The Hall–Kier alpha value is -3.70. The second kappa shape index (κ2) is 8.81. The van der Waals surface area contributed by atoms with E-state index in [1.165, 1.54) is 26.5 Å². The molecule has 0 spiro atoms. The SMILES string of the molecule is CCOC(=O)N1CCN(C(=O)Cn2nc3n(c(=O)c2=O)CCN3c2ccc(F)cc2)CC1. The minimum Gasteiger partial charge on any atom is -0.450 e. The number of piperazine rings is 1. The molecule has 12 heteroatoms. The zero-order valence-corrected chi connectivity index (χ0v) is 17.6. The van der Waals surface area contributed by atoms with E-state index in [1.54, 1.807) is 24.0 Å². The summed E-state index contributed by atoms with van der Waals surface area (Å²) >= 11 is 0. The number of anilines is 2. The molecule has 0 unspecified atom stereocenters. The van der Waals surface area contributed by atoms with Gasteiger partial charge in [-0.1, -0.05) is 0 Å². The summed E-state index contributed by atoms with van der Waals surface area (Å²) in [5.74, 6) is -0.545. The molecule has 2 aliphatic rings. The molecule has 0 atom stereocenters. The van der Waals surface area contributed by atoms with Crippen LogP contribution in [0, 0.1) is 5.82 Å². The largest absolute Gasteiger partial charge is 0.450 e. The number of hydrogen-bond donors (Lipinski definition) is 0. The van der Waals surface area contributed by atoms with Crippen molar-refractivity contribution >= 4 is 23.6 Å². The second-order valence-corrected chi connectivity index (χ2v) is 7.41. The van der Waals surface area contributed by atoms with Gasteiger partial charge in [-0.3, -0.25) is 19.0 Å². The van der Waals surface area contributed by atoms with Crippen LogP contribution in [0.2, 0.25) is 0 Å². The zero-order chi connectivity index (χ0) is 22.8. The Balaban J connectivity index is 1.51. The first kappa shape index (κ1) is 21.5. The van der Waals surface area contributed by atoms with Crippen LogP contribution >= 0.6 is 0 Å².